The number of nitrogens with one attached hydrogen (secondary N) is 2. The molecule has 5 nitrogen and oxygen atoms in total. The van der Waals surface area contributed by atoms with Gasteiger partial charge in [0.25, 0.3) is 0 Å². The summed E-state index contributed by atoms with van der Waals surface area (Å²) >= 11 is 0. The van der Waals surface area contributed by atoms with Gasteiger partial charge in [-0.15, -0.1) is 0 Å². The third-order valence-electron chi connectivity index (χ3n) is 3.36. The summed E-state index contributed by atoms with van der Waals surface area (Å²) < 4.78 is 5.49. The number of fused-ring (bicyclic) bond motifs is 2. The van der Waals surface area contributed by atoms with Gasteiger partial charge in [-0.1, -0.05) is 0 Å². The molecule has 5 heteroatoms. The average molecular weight is 234 g/mol. The smallest absolute Gasteiger partial charge is 0.412 e. The van der Waals surface area contributed by atoms with Crippen molar-refractivity contribution in [1.29, 1.82) is 0 Å². The Morgan fingerprint density at radius 3 is 3.06 bits per heavy atom. The van der Waals surface area contributed by atoms with Crippen molar-refractivity contribution in [1.82, 2.24) is 5.32 Å². The molecule has 1 unspecified atom stereocenters. The van der Waals surface area contributed by atoms with Gasteiger partial charge in [0, 0.05) is 18.2 Å². The Bertz CT molecular complexity index is 467. The summed E-state index contributed by atoms with van der Waals surface area (Å²) in [6.45, 7) is 1.57. The lowest BCUT2D eigenvalue weighted by atomic mass is 9.84. The summed E-state index contributed by atoms with van der Waals surface area (Å²) in [5, 5.41) is 15.3. The van der Waals surface area contributed by atoms with Gasteiger partial charge in [-0.25, -0.2) is 4.79 Å². The molecule has 1 saturated heterocycles. The first kappa shape index (κ1) is 10.4. The Morgan fingerprint density at radius 1 is 1.41 bits per heavy atom. The van der Waals surface area contributed by atoms with E-state index in [1.54, 1.807) is 12.1 Å². The van der Waals surface area contributed by atoms with E-state index in [1.807, 2.05) is 6.07 Å². The van der Waals surface area contributed by atoms with Gasteiger partial charge in [0.1, 0.15) is 5.75 Å². The van der Waals surface area contributed by atoms with Crippen LogP contribution in [0.25, 0.3) is 0 Å². The van der Waals surface area contributed by atoms with Crippen LogP contribution in [0.2, 0.25) is 0 Å². The summed E-state index contributed by atoms with van der Waals surface area (Å²) in [5.41, 5.74) is 0.996. The Kier molecular flexibility index (Phi) is 2.22. The second-order valence-electron chi connectivity index (χ2n) is 4.52. The number of carbonyl (C=O) groups is 1. The van der Waals surface area contributed by atoms with E-state index in [4.69, 9.17) is 4.74 Å². The van der Waals surface area contributed by atoms with E-state index in [0.717, 1.165) is 24.9 Å². The van der Waals surface area contributed by atoms with E-state index in [-0.39, 0.29) is 5.75 Å². The number of aromatic hydroxyl groups is 1. The van der Waals surface area contributed by atoms with Gasteiger partial charge in [-0.3, -0.25) is 5.32 Å². The van der Waals surface area contributed by atoms with Crippen molar-refractivity contribution in [3.05, 3.63) is 23.8 Å². The quantitative estimate of drug-likeness (QED) is 0.636. The van der Waals surface area contributed by atoms with Crippen LogP contribution in [0.5, 0.6) is 5.75 Å². The predicted molar refractivity (Wildman–Crippen MR) is 62.0 cm³/mol. The lowest BCUT2D eigenvalue weighted by molar-refractivity contribution is -0.00726. The lowest BCUT2D eigenvalue weighted by Gasteiger charge is -2.41. The number of anilines is 1. The molecule has 1 aromatic carbocycles. The Hall–Kier alpha value is -1.75. The predicted octanol–water partition coefficient (Wildman–Crippen LogP) is 1.53. The number of hydrogen-bond donors (Lipinski definition) is 3. The Morgan fingerprint density at radius 2 is 2.29 bits per heavy atom. The van der Waals surface area contributed by atoms with E-state index in [2.05, 4.69) is 10.6 Å². The Balaban J connectivity index is 2.09. The molecule has 1 aromatic rings. The van der Waals surface area contributed by atoms with E-state index < -0.39 is 11.7 Å². The van der Waals surface area contributed by atoms with Crippen LogP contribution in [-0.2, 0) is 10.3 Å². The van der Waals surface area contributed by atoms with Crippen molar-refractivity contribution < 1.29 is 14.6 Å². The van der Waals surface area contributed by atoms with Crippen molar-refractivity contribution in [3.8, 4) is 5.75 Å². The first-order valence-corrected chi connectivity index (χ1v) is 5.74. The molecule has 1 spiro atoms. The fourth-order valence-electron chi connectivity index (χ4n) is 2.60. The van der Waals surface area contributed by atoms with Crippen molar-refractivity contribution >= 4 is 11.8 Å². The minimum atomic E-state index is -0.580. The standard InChI is InChI=1S/C12H14N2O3/c15-8-2-3-9-10(6-8)14-11(16)17-12(9)4-1-5-13-7-12/h2-3,6,13,15H,1,4-5,7H2,(H,14,16). The molecule has 0 bridgehead atoms. The number of rotatable bonds is 0. The molecule has 3 N–H and O–H groups in total. The molecular formula is C12H14N2O3. The van der Waals surface area contributed by atoms with E-state index in [0.29, 0.717) is 12.2 Å². The molecule has 0 saturated carbocycles. The largest absolute Gasteiger partial charge is 0.508 e. The number of amides is 1. The topological polar surface area (TPSA) is 70.6 Å². The van der Waals surface area contributed by atoms with Gasteiger partial charge in [0.15, 0.2) is 5.60 Å². The summed E-state index contributed by atoms with van der Waals surface area (Å²) in [7, 11) is 0. The SMILES string of the molecule is O=C1Nc2cc(O)ccc2C2(CCCNC2)O1. The fraction of sp³-hybridized carbons (Fsp3) is 0.417. The van der Waals surface area contributed by atoms with Crippen molar-refractivity contribution in [3.63, 3.8) is 0 Å². The maximum Gasteiger partial charge on any atom is 0.412 e. The molecule has 2 aliphatic rings. The van der Waals surface area contributed by atoms with Crippen LogP contribution in [0.3, 0.4) is 0 Å². The van der Waals surface area contributed by atoms with Gasteiger partial charge in [-0.2, -0.15) is 0 Å². The van der Waals surface area contributed by atoms with Gasteiger partial charge in [0.2, 0.25) is 0 Å². The summed E-state index contributed by atoms with van der Waals surface area (Å²) in [5.74, 6) is 0.143. The lowest BCUT2D eigenvalue weighted by Crippen LogP contribution is -2.49. The maximum absolute atomic E-state index is 11.6. The summed E-state index contributed by atoms with van der Waals surface area (Å²) in [4.78, 5) is 11.6. The van der Waals surface area contributed by atoms with Crippen molar-refractivity contribution in [2.24, 2.45) is 0 Å². The molecular weight excluding hydrogens is 220 g/mol. The number of carbonyl (C=O) groups excluding carboxylic acids is 1. The minimum absolute atomic E-state index is 0.143. The first-order valence-electron chi connectivity index (χ1n) is 5.74. The molecule has 1 amide bonds. The highest BCUT2D eigenvalue weighted by molar-refractivity contribution is 5.89. The molecule has 2 heterocycles. The van der Waals surface area contributed by atoms with Crippen LogP contribution in [0, 0.1) is 0 Å². The zero-order chi connectivity index (χ0) is 11.9. The number of benzene rings is 1. The third kappa shape index (κ3) is 1.63. The van der Waals surface area contributed by atoms with Gasteiger partial charge >= 0.3 is 6.09 Å². The zero-order valence-corrected chi connectivity index (χ0v) is 9.32. The fourth-order valence-corrected chi connectivity index (χ4v) is 2.60. The van der Waals surface area contributed by atoms with Gasteiger partial charge in [-0.05, 0) is 31.5 Å². The molecule has 90 valence electrons. The number of ether oxygens (including phenoxy) is 1. The van der Waals surface area contributed by atoms with Gasteiger partial charge in [0.05, 0.1) is 5.69 Å². The monoisotopic (exact) mass is 234 g/mol. The van der Waals surface area contributed by atoms with Crippen molar-refractivity contribution in [2.45, 2.75) is 18.4 Å². The molecule has 1 atom stereocenters. The highest BCUT2D eigenvalue weighted by Crippen LogP contribution is 2.41. The first-order chi connectivity index (χ1) is 8.20. The van der Waals surface area contributed by atoms with Gasteiger partial charge < -0.3 is 15.2 Å². The van der Waals surface area contributed by atoms with Crippen LogP contribution in [-0.4, -0.2) is 24.3 Å². The van der Waals surface area contributed by atoms with Crippen LogP contribution in [0.4, 0.5) is 10.5 Å². The molecule has 2 aliphatic heterocycles. The van der Waals surface area contributed by atoms with Crippen LogP contribution in [0.15, 0.2) is 18.2 Å². The minimum Gasteiger partial charge on any atom is -0.508 e. The number of phenols is 1. The maximum atomic E-state index is 11.6. The Labute approximate surface area is 98.8 Å². The van der Waals surface area contributed by atoms with E-state index >= 15 is 0 Å². The number of phenolic OH excluding ortho intramolecular Hbond substituents is 1. The van der Waals surface area contributed by atoms with Crippen LogP contribution < -0.4 is 10.6 Å². The molecule has 3 rings (SSSR count). The molecule has 0 aromatic heterocycles. The average Bonchev–Trinajstić information content (AvgIpc) is 2.29. The number of hydrogen-bond acceptors (Lipinski definition) is 4. The second-order valence-corrected chi connectivity index (χ2v) is 4.52. The van der Waals surface area contributed by atoms with E-state index in [9.17, 15) is 9.90 Å². The molecule has 17 heavy (non-hydrogen) atoms. The highest BCUT2D eigenvalue weighted by Gasteiger charge is 2.42. The molecule has 1 fully saturated rings. The second kappa shape index (κ2) is 3.63. The summed E-state index contributed by atoms with van der Waals surface area (Å²) in [6, 6.07) is 5.00. The zero-order valence-electron chi connectivity index (χ0n) is 9.32. The third-order valence-corrected chi connectivity index (χ3v) is 3.36. The highest BCUT2D eigenvalue weighted by atomic mass is 16.6. The summed E-state index contributed by atoms with van der Waals surface area (Å²) in [6.07, 6.45) is 1.32. The van der Waals surface area contributed by atoms with Crippen LogP contribution >= 0.6 is 0 Å². The normalized spacial score (nSPS) is 27.2. The van der Waals surface area contributed by atoms with E-state index in [1.165, 1.54) is 0 Å². The molecule has 0 aliphatic carbocycles. The van der Waals surface area contributed by atoms with Crippen molar-refractivity contribution in [2.75, 3.05) is 18.4 Å². The molecule has 0 radical (unpaired) electrons. The number of piperidine rings is 1. The van der Waals surface area contributed by atoms with Crippen LogP contribution in [0.1, 0.15) is 18.4 Å².